The summed E-state index contributed by atoms with van der Waals surface area (Å²) in [4.78, 5) is 6.50. The Labute approximate surface area is 141 Å². The standard InChI is InChI=1S/C19H22N4O/c1-15(17-7-6-16-4-2-3-5-18(16)10-17)22-8-9-24-19(11-22)12-23-14-20-13-21-23/h2-7,10,13-15,19H,8-9,11-12H2,1H3/t15-,19+/m1/s1. The molecule has 24 heavy (non-hydrogen) atoms. The molecule has 0 aliphatic carbocycles. The Hall–Kier alpha value is -2.24. The second-order valence-electron chi connectivity index (χ2n) is 6.39. The largest absolute Gasteiger partial charge is 0.374 e. The van der Waals surface area contributed by atoms with Crippen LogP contribution in [0.25, 0.3) is 10.8 Å². The second-order valence-corrected chi connectivity index (χ2v) is 6.39. The minimum absolute atomic E-state index is 0.156. The smallest absolute Gasteiger partial charge is 0.137 e. The van der Waals surface area contributed by atoms with Crippen molar-refractivity contribution in [2.75, 3.05) is 19.7 Å². The first-order valence-corrected chi connectivity index (χ1v) is 8.46. The Morgan fingerprint density at radius 1 is 1.21 bits per heavy atom. The summed E-state index contributed by atoms with van der Waals surface area (Å²) < 4.78 is 7.75. The van der Waals surface area contributed by atoms with Gasteiger partial charge >= 0.3 is 0 Å². The predicted octanol–water partition coefficient (Wildman–Crippen LogP) is 2.89. The van der Waals surface area contributed by atoms with E-state index >= 15 is 0 Å². The van der Waals surface area contributed by atoms with Crippen LogP contribution in [0, 0.1) is 0 Å². The molecule has 0 spiro atoms. The Morgan fingerprint density at radius 3 is 2.92 bits per heavy atom. The van der Waals surface area contributed by atoms with Crippen LogP contribution in [0.2, 0.25) is 0 Å². The van der Waals surface area contributed by atoms with Crippen LogP contribution in [-0.2, 0) is 11.3 Å². The highest BCUT2D eigenvalue weighted by molar-refractivity contribution is 5.83. The first-order chi connectivity index (χ1) is 11.8. The second kappa shape index (κ2) is 6.71. The van der Waals surface area contributed by atoms with Crippen molar-refractivity contribution < 1.29 is 4.74 Å². The molecule has 2 atom stereocenters. The Bertz CT molecular complexity index is 802. The fourth-order valence-electron chi connectivity index (χ4n) is 3.42. The Balaban J connectivity index is 1.48. The van der Waals surface area contributed by atoms with Crippen molar-refractivity contribution in [2.45, 2.75) is 25.6 Å². The average molecular weight is 322 g/mol. The molecule has 0 N–H and O–H groups in total. The van der Waals surface area contributed by atoms with E-state index in [9.17, 15) is 0 Å². The average Bonchev–Trinajstić information content (AvgIpc) is 3.14. The summed E-state index contributed by atoms with van der Waals surface area (Å²) in [5.41, 5.74) is 1.36. The topological polar surface area (TPSA) is 43.2 Å². The van der Waals surface area contributed by atoms with E-state index in [1.165, 1.54) is 16.3 Å². The van der Waals surface area contributed by atoms with E-state index in [0.717, 1.165) is 26.2 Å². The van der Waals surface area contributed by atoms with E-state index in [1.54, 1.807) is 12.7 Å². The molecule has 1 aliphatic rings. The molecule has 0 radical (unpaired) electrons. The molecule has 3 aromatic rings. The van der Waals surface area contributed by atoms with E-state index < -0.39 is 0 Å². The molecule has 1 aliphatic heterocycles. The van der Waals surface area contributed by atoms with Crippen molar-refractivity contribution in [3.8, 4) is 0 Å². The number of ether oxygens (including phenoxy) is 1. The lowest BCUT2D eigenvalue weighted by Gasteiger charge is -2.37. The van der Waals surface area contributed by atoms with E-state index in [0.29, 0.717) is 6.04 Å². The summed E-state index contributed by atoms with van der Waals surface area (Å²) in [6.45, 7) is 5.66. The van der Waals surface area contributed by atoms with Crippen molar-refractivity contribution in [2.24, 2.45) is 0 Å². The molecule has 5 nitrogen and oxygen atoms in total. The fourth-order valence-corrected chi connectivity index (χ4v) is 3.42. The van der Waals surface area contributed by atoms with Gasteiger partial charge in [0.15, 0.2) is 0 Å². The van der Waals surface area contributed by atoms with Crippen LogP contribution in [-0.4, -0.2) is 45.5 Å². The molecule has 0 unspecified atom stereocenters. The summed E-state index contributed by atoms with van der Waals surface area (Å²) in [7, 11) is 0. The van der Waals surface area contributed by atoms with Crippen molar-refractivity contribution >= 4 is 10.8 Å². The van der Waals surface area contributed by atoms with Crippen LogP contribution in [0.5, 0.6) is 0 Å². The number of hydrogen-bond acceptors (Lipinski definition) is 4. The van der Waals surface area contributed by atoms with Gasteiger partial charge in [0.1, 0.15) is 12.7 Å². The third-order valence-corrected chi connectivity index (χ3v) is 4.83. The zero-order chi connectivity index (χ0) is 16.4. The van der Waals surface area contributed by atoms with Gasteiger partial charge in [-0.05, 0) is 29.3 Å². The number of aromatic nitrogens is 3. The third kappa shape index (κ3) is 3.18. The molecule has 4 rings (SSSR count). The van der Waals surface area contributed by atoms with Gasteiger partial charge in [-0.25, -0.2) is 4.98 Å². The van der Waals surface area contributed by atoms with Gasteiger partial charge in [0.05, 0.1) is 19.3 Å². The number of hydrogen-bond donors (Lipinski definition) is 0. The maximum absolute atomic E-state index is 5.91. The van der Waals surface area contributed by atoms with Gasteiger partial charge in [0.2, 0.25) is 0 Å². The van der Waals surface area contributed by atoms with Crippen LogP contribution in [0.3, 0.4) is 0 Å². The van der Waals surface area contributed by atoms with Crippen LogP contribution in [0.1, 0.15) is 18.5 Å². The van der Waals surface area contributed by atoms with E-state index in [4.69, 9.17) is 4.74 Å². The summed E-state index contributed by atoms with van der Waals surface area (Å²) >= 11 is 0. The van der Waals surface area contributed by atoms with E-state index in [-0.39, 0.29) is 6.10 Å². The quantitative estimate of drug-likeness (QED) is 0.741. The molecule has 0 bridgehead atoms. The maximum atomic E-state index is 5.91. The summed E-state index contributed by atoms with van der Waals surface area (Å²) in [5.74, 6) is 0. The highest BCUT2D eigenvalue weighted by Crippen LogP contribution is 2.26. The lowest BCUT2D eigenvalue weighted by Crippen LogP contribution is -2.45. The van der Waals surface area contributed by atoms with E-state index in [2.05, 4.69) is 64.4 Å². The molecule has 2 heterocycles. The van der Waals surface area contributed by atoms with Crippen LogP contribution < -0.4 is 0 Å². The number of nitrogens with zero attached hydrogens (tertiary/aromatic N) is 4. The highest BCUT2D eigenvalue weighted by atomic mass is 16.5. The zero-order valence-corrected chi connectivity index (χ0v) is 13.9. The molecule has 124 valence electrons. The van der Waals surface area contributed by atoms with Crippen molar-refractivity contribution in [1.29, 1.82) is 0 Å². The van der Waals surface area contributed by atoms with Gasteiger partial charge in [-0.2, -0.15) is 5.10 Å². The normalized spacial score (nSPS) is 20.3. The molecule has 0 amide bonds. The number of fused-ring (bicyclic) bond motifs is 1. The monoisotopic (exact) mass is 322 g/mol. The van der Waals surface area contributed by atoms with Gasteiger partial charge in [-0.3, -0.25) is 9.58 Å². The van der Waals surface area contributed by atoms with E-state index in [1.807, 2.05) is 4.68 Å². The molecule has 1 aromatic heterocycles. The van der Waals surface area contributed by atoms with Crippen molar-refractivity contribution in [1.82, 2.24) is 19.7 Å². The Morgan fingerprint density at radius 2 is 2.08 bits per heavy atom. The van der Waals surface area contributed by atoms with Gasteiger partial charge < -0.3 is 4.74 Å². The lowest BCUT2D eigenvalue weighted by molar-refractivity contribution is -0.0497. The summed E-state index contributed by atoms with van der Waals surface area (Å²) in [5, 5.41) is 6.77. The minimum atomic E-state index is 0.156. The van der Waals surface area contributed by atoms with Crippen LogP contribution in [0.15, 0.2) is 55.1 Å². The van der Waals surface area contributed by atoms with Gasteiger partial charge in [-0.15, -0.1) is 0 Å². The molecule has 5 heteroatoms. The summed E-state index contributed by atoms with van der Waals surface area (Å²) in [6.07, 6.45) is 3.47. The molecule has 1 saturated heterocycles. The van der Waals surface area contributed by atoms with Gasteiger partial charge in [-0.1, -0.05) is 36.4 Å². The zero-order valence-electron chi connectivity index (χ0n) is 13.9. The highest BCUT2D eigenvalue weighted by Gasteiger charge is 2.25. The molecule has 2 aromatic carbocycles. The molecular formula is C19H22N4O. The lowest BCUT2D eigenvalue weighted by atomic mass is 10.0. The van der Waals surface area contributed by atoms with Crippen molar-refractivity contribution in [3.63, 3.8) is 0 Å². The molecule has 0 saturated carbocycles. The number of rotatable bonds is 4. The number of benzene rings is 2. The first kappa shape index (κ1) is 15.3. The summed E-state index contributed by atoms with van der Waals surface area (Å²) in [6, 6.07) is 15.7. The fraction of sp³-hybridized carbons (Fsp3) is 0.368. The van der Waals surface area contributed by atoms with Gasteiger partial charge in [0, 0.05) is 19.1 Å². The Kier molecular flexibility index (Phi) is 4.28. The third-order valence-electron chi connectivity index (χ3n) is 4.83. The van der Waals surface area contributed by atoms with Crippen molar-refractivity contribution in [3.05, 3.63) is 60.7 Å². The first-order valence-electron chi connectivity index (χ1n) is 8.46. The minimum Gasteiger partial charge on any atom is -0.374 e. The predicted molar refractivity (Wildman–Crippen MR) is 93.7 cm³/mol. The molecular weight excluding hydrogens is 300 g/mol. The maximum Gasteiger partial charge on any atom is 0.137 e. The molecule has 1 fully saturated rings. The van der Waals surface area contributed by atoms with Crippen LogP contribution in [0.4, 0.5) is 0 Å². The SMILES string of the molecule is C[C@H](c1ccc2ccccc2c1)N1CCO[C@H](Cn2cncn2)C1. The number of morpholine rings is 1. The van der Waals surface area contributed by atoms with Crippen LogP contribution >= 0.6 is 0 Å². The van der Waals surface area contributed by atoms with Gasteiger partial charge in [0.25, 0.3) is 0 Å².